The average Bonchev–Trinajstić information content (AvgIpc) is 2.67. The van der Waals surface area contributed by atoms with Crippen LogP contribution in [0.3, 0.4) is 0 Å². The zero-order valence-electron chi connectivity index (χ0n) is 14.0. The van der Waals surface area contributed by atoms with E-state index >= 15 is 0 Å². The van der Waals surface area contributed by atoms with Crippen LogP contribution in [0.2, 0.25) is 5.02 Å². The maximum Gasteiger partial charge on any atom is 0.151 e. The highest BCUT2D eigenvalue weighted by Crippen LogP contribution is 2.28. The van der Waals surface area contributed by atoms with Gasteiger partial charge in [0.15, 0.2) is 5.82 Å². The zero-order valence-corrected chi connectivity index (χ0v) is 14.8. The average molecular weight is 355 g/mol. The van der Waals surface area contributed by atoms with Crippen molar-refractivity contribution in [2.24, 2.45) is 0 Å². The summed E-state index contributed by atoms with van der Waals surface area (Å²) in [4.78, 5) is 13.4. The molecule has 0 aliphatic carbocycles. The smallest absolute Gasteiger partial charge is 0.151 e. The summed E-state index contributed by atoms with van der Waals surface area (Å²) in [5, 5.41) is 9.93. The number of fused-ring (bicyclic) bond motifs is 1. The van der Waals surface area contributed by atoms with Gasteiger partial charge in [-0.1, -0.05) is 11.6 Å². The molecule has 1 saturated heterocycles. The monoisotopic (exact) mass is 354 g/mol. The Morgan fingerprint density at radius 3 is 2.76 bits per heavy atom. The fourth-order valence-corrected chi connectivity index (χ4v) is 3.57. The molecule has 1 fully saturated rings. The molecule has 0 radical (unpaired) electrons. The second kappa shape index (κ2) is 6.80. The van der Waals surface area contributed by atoms with Crippen LogP contribution in [0.1, 0.15) is 12.8 Å². The van der Waals surface area contributed by atoms with E-state index in [0.717, 1.165) is 48.5 Å². The predicted octanol–water partition coefficient (Wildman–Crippen LogP) is 3.18. The minimum Gasteiger partial charge on any atom is -0.356 e. The van der Waals surface area contributed by atoms with E-state index in [0.29, 0.717) is 11.1 Å². The maximum absolute atomic E-state index is 6.08. The van der Waals surface area contributed by atoms with E-state index in [4.69, 9.17) is 11.6 Å². The summed E-state index contributed by atoms with van der Waals surface area (Å²) < 4.78 is 0. The van der Waals surface area contributed by atoms with Gasteiger partial charge in [-0.25, -0.2) is 9.97 Å². The number of aromatic nitrogens is 4. The minimum atomic E-state index is 0.454. The van der Waals surface area contributed by atoms with Gasteiger partial charge in [0.1, 0.15) is 12.1 Å². The molecule has 128 valence electrons. The predicted molar refractivity (Wildman–Crippen MR) is 100 cm³/mol. The lowest BCUT2D eigenvalue weighted by atomic mass is 10.0. The molecule has 0 N–H and O–H groups in total. The van der Waals surface area contributed by atoms with Crippen LogP contribution in [-0.2, 0) is 0 Å². The van der Waals surface area contributed by atoms with Gasteiger partial charge in [-0.15, -0.1) is 5.10 Å². The summed E-state index contributed by atoms with van der Waals surface area (Å²) in [6.45, 7) is 1.90. The molecule has 0 amide bonds. The minimum absolute atomic E-state index is 0.454. The van der Waals surface area contributed by atoms with Crippen molar-refractivity contribution in [2.75, 3.05) is 29.9 Å². The number of rotatable bonds is 3. The standard InChI is InChI=1S/C18H19ClN6/c1-24(17-3-2-8-22-23-17)14-6-9-25(10-7-14)18-15-5-4-13(19)11-16(15)20-12-21-18/h2-5,8,11-12,14H,6-7,9-10H2,1H3. The summed E-state index contributed by atoms with van der Waals surface area (Å²) in [6.07, 6.45) is 5.41. The second-order valence-electron chi connectivity index (χ2n) is 6.27. The van der Waals surface area contributed by atoms with E-state index in [-0.39, 0.29) is 0 Å². The molecule has 1 aliphatic heterocycles. The Morgan fingerprint density at radius 1 is 1.16 bits per heavy atom. The van der Waals surface area contributed by atoms with E-state index < -0.39 is 0 Å². The van der Waals surface area contributed by atoms with Gasteiger partial charge >= 0.3 is 0 Å². The molecule has 6 nitrogen and oxygen atoms in total. The first-order chi connectivity index (χ1) is 12.2. The van der Waals surface area contributed by atoms with Crippen LogP contribution in [0.25, 0.3) is 10.9 Å². The number of piperidine rings is 1. The fraction of sp³-hybridized carbons (Fsp3) is 0.333. The number of hydrogen-bond acceptors (Lipinski definition) is 6. The van der Waals surface area contributed by atoms with Crippen LogP contribution in [0.15, 0.2) is 42.9 Å². The zero-order chi connectivity index (χ0) is 17.2. The van der Waals surface area contributed by atoms with Crippen molar-refractivity contribution in [3.63, 3.8) is 0 Å². The Labute approximate surface area is 151 Å². The van der Waals surface area contributed by atoms with Crippen molar-refractivity contribution in [1.29, 1.82) is 0 Å². The number of nitrogens with zero attached hydrogens (tertiary/aromatic N) is 6. The molecule has 0 saturated carbocycles. The van der Waals surface area contributed by atoms with Crippen molar-refractivity contribution in [3.8, 4) is 0 Å². The van der Waals surface area contributed by atoms with Crippen LogP contribution >= 0.6 is 11.6 Å². The van der Waals surface area contributed by atoms with Crippen molar-refractivity contribution < 1.29 is 0 Å². The first-order valence-electron chi connectivity index (χ1n) is 8.38. The molecule has 7 heteroatoms. The summed E-state index contributed by atoms with van der Waals surface area (Å²) in [5.74, 6) is 1.91. The molecule has 3 aromatic rings. The molecule has 1 aliphatic rings. The molecular formula is C18H19ClN6. The van der Waals surface area contributed by atoms with E-state index in [1.165, 1.54) is 0 Å². The largest absolute Gasteiger partial charge is 0.356 e. The van der Waals surface area contributed by atoms with Crippen molar-refractivity contribution in [2.45, 2.75) is 18.9 Å². The van der Waals surface area contributed by atoms with E-state index in [9.17, 15) is 0 Å². The van der Waals surface area contributed by atoms with Crippen LogP contribution in [0.4, 0.5) is 11.6 Å². The molecule has 2 aromatic heterocycles. The summed E-state index contributed by atoms with van der Waals surface area (Å²) in [6, 6.07) is 10.2. The van der Waals surface area contributed by atoms with Crippen molar-refractivity contribution >= 4 is 34.1 Å². The van der Waals surface area contributed by atoms with Gasteiger partial charge in [-0.2, -0.15) is 5.10 Å². The van der Waals surface area contributed by atoms with Crippen LogP contribution in [-0.4, -0.2) is 46.3 Å². The summed E-state index contributed by atoms with van der Waals surface area (Å²) >= 11 is 6.08. The lowest BCUT2D eigenvalue weighted by Crippen LogP contribution is -2.44. The van der Waals surface area contributed by atoms with Gasteiger partial charge in [-0.3, -0.25) is 0 Å². The molecule has 3 heterocycles. The molecule has 0 atom stereocenters. The van der Waals surface area contributed by atoms with Crippen molar-refractivity contribution in [1.82, 2.24) is 20.2 Å². The van der Waals surface area contributed by atoms with Gasteiger partial charge < -0.3 is 9.80 Å². The topological polar surface area (TPSA) is 58.0 Å². The van der Waals surface area contributed by atoms with Gasteiger partial charge in [-0.05, 0) is 43.2 Å². The SMILES string of the molecule is CN(c1cccnn1)C1CCN(c2ncnc3cc(Cl)ccc23)CC1. The number of benzene rings is 1. The van der Waals surface area contributed by atoms with Gasteiger partial charge in [0.25, 0.3) is 0 Å². The van der Waals surface area contributed by atoms with E-state index in [1.54, 1.807) is 12.5 Å². The first kappa shape index (κ1) is 16.0. The highest BCUT2D eigenvalue weighted by Gasteiger charge is 2.25. The maximum atomic E-state index is 6.08. The first-order valence-corrected chi connectivity index (χ1v) is 8.76. The Kier molecular flexibility index (Phi) is 4.36. The van der Waals surface area contributed by atoms with Gasteiger partial charge in [0.2, 0.25) is 0 Å². The lowest BCUT2D eigenvalue weighted by molar-refractivity contribution is 0.477. The molecule has 4 rings (SSSR count). The second-order valence-corrected chi connectivity index (χ2v) is 6.71. The number of anilines is 2. The normalized spacial score (nSPS) is 15.5. The third kappa shape index (κ3) is 3.22. The Bertz CT molecular complexity index is 864. The van der Waals surface area contributed by atoms with Crippen LogP contribution in [0.5, 0.6) is 0 Å². The van der Waals surface area contributed by atoms with Crippen LogP contribution in [0, 0.1) is 0 Å². The van der Waals surface area contributed by atoms with Gasteiger partial charge in [0, 0.05) is 42.8 Å². The number of halogens is 1. The summed E-state index contributed by atoms with van der Waals surface area (Å²) in [5.41, 5.74) is 0.885. The van der Waals surface area contributed by atoms with Crippen LogP contribution < -0.4 is 9.80 Å². The van der Waals surface area contributed by atoms with Crippen molar-refractivity contribution in [3.05, 3.63) is 47.9 Å². The molecule has 1 aromatic carbocycles. The quantitative estimate of drug-likeness (QED) is 0.720. The highest BCUT2D eigenvalue weighted by atomic mass is 35.5. The van der Waals surface area contributed by atoms with Gasteiger partial charge in [0.05, 0.1) is 5.52 Å². The molecule has 0 bridgehead atoms. The fourth-order valence-electron chi connectivity index (χ4n) is 3.40. The molecule has 0 spiro atoms. The Morgan fingerprint density at radius 2 is 2.00 bits per heavy atom. The Hall–Kier alpha value is -2.47. The van der Waals surface area contributed by atoms with E-state index in [2.05, 4.69) is 37.0 Å². The molecule has 25 heavy (non-hydrogen) atoms. The third-order valence-electron chi connectivity index (χ3n) is 4.81. The lowest BCUT2D eigenvalue weighted by Gasteiger charge is -2.37. The van der Waals surface area contributed by atoms with E-state index in [1.807, 2.05) is 30.3 Å². The number of hydrogen-bond donors (Lipinski definition) is 0. The third-order valence-corrected chi connectivity index (χ3v) is 5.04. The Balaban J connectivity index is 1.51. The molecular weight excluding hydrogens is 336 g/mol. The molecule has 0 unspecified atom stereocenters. The summed E-state index contributed by atoms with van der Waals surface area (Å²) in [7, 11) is 2.09. The highest BCUT2D eigenvalue weighted by molar-refractivity contribution is 6.31.